The van der Waals surface area contributed by atoms with Crippen LogP contribution in [0.5, 0.6) is 5.75 Å². The van der Waals surface area contributed by atoms with E-state index in [0.29, 0.717) is 94.1 Å². The fourth-order valence-corrected chi connectivity index (χ4v) is 5.45. The number of carbonyl (C=O) groups is 2. The molecule has 0 aliphatic carbocycles. The standard InChI is InChI=1S/C35H47ClN6O8/c1-24-39-40-33-29(38-32(25-6-8-26(36)9-7-25)28-22-27(46-5)10-11-30(28)42(24)33)23-31(43)37-12-14-47-16-18-49-20-21-50-19-17-48-15-13-41(34(44)45)35(2,3)4/h6-11,22,29H,12-21,23H2,1-5H3,(H,37,43)(H,44,45)/t29-/m0/s1. The number of nitrogens with zero attached hydrogens (tertiary/aromatic N) is 5. The van der Waals surface area contributed by atoms with Gasteiger partial charge in [0.25, 0.3) is 0 Å². The van der Waals surface area contributed by atoms with Crippen molar-refractivity contribution in [2.75, 3.05) is 73.1 Å². The molecule has 2 N–H and O–H groups in total. The third-order valence-electron chi connectivity index (χ3n) is 7.81. The summed E-state index contributed by atoms with van der Waals surface area (Å²) in [6.45, 7) is 10.9. The van der Waals surface area contributed by atoms with E-state index < -0.39 is 17.7 Å². The highest BCUT2D eigenvalue weighted by molar-refractivity contribution is 6.30. The molecule has 50 heavy (non-hydrogen) atoms. The number of aliphatic imine (C=N–C) groups is 1. The topological polar surface area (TPSA) is 159 Å². The number of ether oxygens (including phenoxy) is 5. The summed E-state index contributed by atoms with van der Waals surface area (Å²) >= 11 is 6.18. The Bertz CT molecular complexity index is 1590. The maximum atomic E-state index is 13.1. The molecule has 0 radical (unpaired) electrons. The van der Waals surface area contributed by atoms with Gasteiger partial charge in [-0.2, -0.15) is 0 Å². The Balaban J connectivity index is 1.17. The largest absolute Gasteiger partial charge is 0.497 e. The van der Waals surface area contributed by atoms with Crippen LogP contribution in [0.25, 0.3) is 5.69 Å². The minimum Gasteiger partial charge on any atom is -0.497 e. The first kappa shape index (κ1) is 38.7. The number of halogens is 1. The fourth-order valence-electron chi connectivity index (χ4n) is 5.32. The maximum Gasteiger partial charge on any atom is 0.407 e. The van der Waals surface area contributed by atoms with E-state index in [1.54, 1.807) is 7.11 Å². The van der Waals surface area contributed by atoms with Crippen LogP contribution in [0, 0.1) is 6.92 Å². The zero-order valence-corrected chi connectivity index (χ0v) is 30.1. The summed E-state index contributed by atoms with van der Waals surface area (Å²) in [5, 5.41) is 21.6. The molecule has 1 atom stereocenters. The van der Waals surface area contributed by atoms with E-state index in [9.17, 15) is 14.7 Å². The number of fused-ring (bicyclic) bond motifs is 3. The van der Waals surface area contributed by atoms with Gasteiger partial charge in [0.15, 0.2) is 5.82 Å². The van der Waals surface area contributed by atoms with Gasteiger partial charge < -0.3 is 39.0 Å². The van der Waals surface area contributed by atoms with Gasteiger partial charge in [-0.3, -0.25) is 14.4 Å². The Morgan fingerprint density at radius 1 is 0.920 bits per heavy atom. The Labute approximate surface area is 297 Å². The van der Waals surface area contributed by atoms with Gasteiger partial charge in [-0.15, -0.1) is 10.2 Å². The summed E-state index contributed by atoms with van der Waals surface area (Å²) in [5.41, 5.74) is 2.73. The average molecular weight is 715 g/mol. The Morgan fingerprint density at radius 3 is 2.14 bits per heavy atom. The van der Waals surface area contributed by atoms with Crippen molar-refractivity contribution >= 4 is 29.3 Å². The molecule has 4 rings (SSSR count). The molecule has 15 heteroatoms. The van der Waals surface area contributed by atoms with Crippen molar-refractivity contribution in [1.29, 1.82) is 0 Å². The molecule has 1 aromatic heterocycles. The van der Waals surface area contributed by atoms with Gasteiger partial charge in [0, 0.05) is 34.8 Å². The molecule has 2 aromatic carbocycles. The van der Waals surface area contributed by atoms with Crippen LogP contribution in [0.1, 0.15) is 56.0 Å². The third kappa shape index (κ3) is 11.0. The molecule has 2 amide bonds. The first-order chi connectivity index (χ1) is 24.0. The van der Waals surface area contributed by atoms with E-state index in [1.165, 1.54) is 4.90 Å². The van der Waals surface area contributed by atoms with E-state index in [1.807, 2.05) is 74.7 Å². The van der Waals surface area contributed by atoms with Crippen LogP contribution in [-0.2, 0) is 23.7 Å². The van der Waals surface area contributed by atoms with Crippen LogP contribution >= 0.6 is 11.6 Å². The first-order valence-corrected chi connectivity index (χ1v) is 16.9. The Kier molecular flexibility index (Phi) is 14.5. The second-order valence-corrected chi connectivity index (χ2v) is 12.9. The highest BCUT2D eigenvalue weighted by Gasteiger charge is 2.30. The number of hydrogen-bond donors (Lipinski definition) is 2. The van der Waals surface area contributed by atoms with E-state index >= 15 is 0 Å². The van der Waals surface area contributed by atoms with E-state index in [-0.39, 0.29) is 12.3 Å². The maximum absolute atomic E-state index is 13.1. The van der Waals surface area contributed by atoms with Crippen molar-refractivity contribution < 1.29 is 38.4 Å². The van der Waals surface area contributed by atoms with E-state index in [2.05, 4.69) is 15.5 Å². The quantitative estimate of drug-likeness (QED) is 0.170. The number of carbonyl (C=O) groups excluding carboxylic acids is 1. The molecule has 0 unspecified atom stereocenters. The minimum absolute atomic E-state index is 0.0617. The number of methoxy groups -OCH3 is 1. The normalized spacial score (nSPS) is 14.0. The third-order valence-corrected chi connectivity index (χ3v) is 8.07. The van der Waals surface area contributed by atoms with Crippen LogP contribution in [0.15, 0.2) is 47.5 Å². The lowest BCUT2D eigenvalue weighted by Crippen LogP contribution is -2.46. The van der Waals surface area contributed by atoms with Crippen molar-refractivity contribution in [1.82, 2.24) is 25.0 Å². The predicted octanol–water partition coefficient (Wildman–Crippen LogP) is 4.48. The van der Waals surface area contributed by atoms with Gasteiger partial charge in [0.05, 0.1) is 77.8 Å². The molecule has 1 aliphatic heterocycles. The summed E-state index contributed by atoms with van der Waals surface area (Å²) in [6.07, 6.45) is -0.906. The van der Waals surface area contributed by atoms with Crippen LogP contribution < -0.4 is 10.1 Å². The van der Waals surface area contributed by atoms with Crippen LogP contribution in [-0.4, -0.2) is 121 Å². The molecule has 14 nitrogen and oxygen atoms in total. The molecule has 0 bridgehead atoms. The molecular weight excluding hydrogens is 668 g/mol. The molecule has 0 fully saturated rings. The molecule has 1 aliphatic rings. The molecular formula is C35H47ClN6O8. The molecule has 0 saturated carbocycles. The van der Waals surface area contributed by atoms with E-state index in [0.717, 1.165) is 16.8 Å². The lowest BCUT2D eigenvalue weighted by atomic mass is 10.00. The molecule has 2 heterocycles. The van der Waals surface area contributed by atoms with Crippen LogP contribution in [0.2, 0.25) is 5.02 Å². The summed E-state index contributed by atoms with van der Waals surface area (Å²) in [5.74, 6) is 1.73. The van der Waals surface area contributed by atoms with Crippen molar-refractivity contribution in [3.63, 3.8) is 0 Å². The van der Waals surface area contributed by atoms with Crippen molar-refractivity contribution in [3.8, 4) is 11.4 Å². The van der Waals surface area contributed by atoms with Gasteiger partial charge in [0.1, 0.15) is 17.6 Å². The lowest BCUT2D eigenvalue weighted by Gasteiger charge is -2.32. The monoisotopic (exact) mass is 714 g/mol. The Hall–Kier alpha value is -4.08. The molecule has 272 valence electrons. The van der Waals surface area contributed by atoms with Crippen molar-refractivity contribution in [2.24, 2.45) is 4.99 Å². The zero-order valence-electron chi connectivity index (χ0n) is 29.3. The molecule has 3 aromatic rings. The number of aryl methyl sites for hydroxylation is 1. The number of amides is 2. The summed E-state index contributed by atoms with van der Waals surface area (Å²) < 4.78 is 29.6. The van der Waals surface area contributed by atoms with Gasteiger partial charge in [-0.05, 0) is 58.0 Å². The number of hydrogen-bond acceptors (Lipinski definition) is 10. The smallest absolute Gasteiger partial charge is 0.407 e. The van der Waals surface area contributed by atoms with Gasteiger partial charge >= 0.3 is 6.09 Å². The predicted molar refractivity (Wildman–Crippen MR) is 188 cm³/mol. The number of nitrogens with one attached hydrogen (secondary N) is 1. The van der Waals surface area contributed by atoms with Gasteiger partial charge in [-0.1, -0.05) is 23.7 Å². The van der Waals surface area contributed by atoms with Gasteiger partial charge in [0.2, 0.25) is 5.91 Å². The van der Waals surface area contributed by atoms with E-state index in [4.69, 9.17) is 40.3 Å². The summed E-state index contributed by atoms with van der Waals surface area (Å²) in [7, 11) is 1.61. The minimum atomic E-state index is -0.968. The number of benzene rings is 2. The Morgan fingerprint density at radius 2 is 1.54 bits per heavy atom. The highest BCUT2D eigenvalue weighted by atomic mass is 35.5. The first-order valence-electron chi connectivity index (χ1n) is 16.5. The molecule has 0 saturated heterocycles. The highest BCUT2D eigenvalue weighted by Crippen LogP contribution is 2.34. The zero-order chi connectivity index (χ0) is 36.1. The average Bonchev–Trinajstić information content (AvgIpc) is 3.40. The summed E-state index contributed by atoms with van der Waals surface area (Å²) in [4.78, 5) is 30.9. The second-order valence-electron chi connectivity index (χ2n) is 12.4. The number of carboxylic acid groups (broad SMARTS) is 1. The number of aromatic nitrogens is 3. The summed E-state index contributed by atoms with van der Waals surface area (Å²) in [6, 6.07) is 12.6. The van der Waals surface area contributed by atoms with Crippen molar-refractivity contribution in [3.05, 3.63) is 70.3 Å². The molecule has 0 spiro atoms. The van der Waals surface area contributed by atoms with Crippen LogP contribution in [0.4, 0.5) is 4.79 Å². The fraction of sp³-hybridized carbons (Fsp3) is 0.514. The SMILES string of the molecule is COc1ccc2c(c1)C(c1ccc(Cl)cc1)=N[C@@H](CC(=O)NCCOCCOCCOCCOCCN(C(=O)O)C(C)(C)C)c1nnc(C)n1-2. The number of rotatable bonds is 19. The lowest BCUT2D eigenvalue weighted by molar-refractivity contribution is -0.121. The van der Waals surface area contributed by atoms with Crippen LogP contribution in [0.3, 0.4) is 0 Å². The second kappa shape index (κ2) is 18.8. The van der Waals surface area contributed by atoms with Crippen molar-refractivity contribution in [2.45, 2.75) is 45.7 Å². The van der Waals surface area contributed by atoms with Gasteiger partial charge in [-0.25, -0.2) is 4.79 Å².